The lowest BCUT2D eigenvalue weighted by molar-refractivity contribution is -0.155. The number of methoxy groups -OCH3 is 1. The van der Waals surface area contributed by atoms with Crippen molar-refractivity contribution in [2.75, 3.05) is 7.11 Å². The summed E-state index contributed by atoms with van der Waals surface area (Å²) >= 11 is 0. The predicted molar refractivity (Wildman–Crippen MR) is 82.4 cm³/mol. The first kappa shape index (κ1) is 14.9. The highest BCUT2D eigenvalue weighted by Crippen LogP contribution is 2.43. The van der Waals surface area contributed by atoms with Gasteiger partial charge in [-0.3, -0.25) is 0 Å². The van der Waals surface area contributed by atoms with Gasteiger partial charge in [-0.25, -0.2) is 0 Å². The second-order valence-corrected chi connectivity index (χ2v) is 6.39. The molecular weight excluding hydrogens is 248 g/mol. The van der Waals surface area contributed by atoms with Crippen LogP contribution in [0.1, 0.15) is 39.2 Å². The Bertz CT molecular complexity index is 508. The van der Waals surface area contributed by atoms with Gasteiger partial charge in [-0.05, 0) is 30.1 Å². The number of hydrogen-bond acceptors (Lipinski definition) is 2. The van der Waals surface area contributed by atoms with Gasteiger partial charge in [-0.1, -0.05) is 57.2 Å². The van der Waals surface area contributed by atoms with Crippen molar-refractivity contribution in [3.8, 4) is 0 Å². The summed E-state index contributed by atoms with van der Waals surface area (Å²) in [7, 11) is 1.70. The van der Waals surface area contributed by atoms with Gasteiger partial charge in [0.1, 0.15) is 0 Å². The highest BCUT2D eigenvalue weighted by Gasteiger charge is 2.43. The van der Waals surface area contributed by atoms with Crippen LogP contribution in [0.5, 0.6) is 0 Å². The summed E-state index contributed by atoms with van der Waals surface area (Å²) in [6, 6.07) is 10.3. The molecule has 2 unspecified atom stereocenters. The number of ether oxygens (including phenoxy) is 2. The smallest absolute Gasteiger partial charge is 0.240 e. The lowest BCUT2D eigenvalue weighted by atomic mass is 9.88. The molecule has 2 rings (SSSR count). The van der Waals surface area contributed by atoms with Crippen molar-refractivity contribution in [1.82, 2.24) is 0 Å². The largest absolute Gasteiger partial charge is 0.463 e. The molecule has 1 aromatic carbocycles. The van der Waals surface area contributed by atoms with Gasteiger partial charge in [-0.15, -0.1) is 0 Å². The van der Waals surface area contributed by atoms with E-state index in [0.29, 0.717) is 0 Å². The van der Waals surface area contributed by atoms with Gasteiger partial charge in [-0.2, -0.15) is 0 Å². The fraction of sp³-hybridized carbons (Fsp3) is 0.444. The Balaban J connectivity index is 2.39. The molecule has 1 heterocycles. The molecule has 108 valence electrons. The summed E-state index contributed by atoms with van der Waals surface area (Å²) in [5, 5.41) is 0. The lowest BCUT2D eigenvalue weighted by Crippen LogP contribution is -2.35. The predicted octanol–water partition coefficient (Wildman–Crippen LogP) is 4.65. The minimum Gasteiger partial charge on any atom is -0.463 e. The molecule has 0 saturated carbocycles. The highest BCUT2D eigenvalue weighted by molar-refractivity contribution is 5.33. The van der Waals surface area contributed by atoms with E-state index in [4.69, 9.17) is 9.47 Å². The molecule has 0 saturated heterocycles. The van der Waals surface area contributed by atoms with Crippen LogP contribution in [0.3, 0.4) is 0 Å². The van der Waals surface area contributed by atoms with Crippen molar-refractivity contribution in [1.29, 1.82) is 0 Å². The van der Waals surface area contributed by atoms with E-state index in [9.17, 15) is 0 Å². The molecule has 0 amide bonds. The van der Waals surface area contributed by atoms with E-state index in [2.05, 4.69) is 51.1 Å². The van der Waals surface area contributed by atoms with Crippen LogP contribution in [0.4, 0.5) is 0 Å². The van der Waals surface area contributed by atoms with Crippen LogP contribution in [-0.4, -0.2) is 12.9 Å². The molecule has 0 bridgehead atoms. The average molecular weight is 272 g/mol. The van der Waals surface area contributed by atoms with E-state index in [1.807, 2.05) is 25.1 Å². The fourth-order valence-corrected chi connectivity index (χ4v) is 2.43. The van der Waals surface area contributed by atoms with Gasteiger partial charge in [0.05, 0.1) is 11.7 Å². The zero-order valence-electron chi connectivity index (χ0n) is 13.0. The molecule has 0 aromatic heterocycles. The van der Waals surface area contributed by atoms with Crippen molar-refractivity contribution < 1.29 is 9.47 Å². The maximum atomic E-state index is 6.01. The van der Waals surface area contributed by atoms with E-state index in [0.717, 1.165) is 5.76 Å². The van der Waals surface area contributed by atoms with Gasteiger partial charge in [0, 0.05) is 7.11 Å². The van der Waals surface area contributed by atoms with Crippen molar-refractivity contribution >= 4 is 0 Å². The standard InChI is InChI=1S/C18H24O2/c1-14-13-16(15-9-7-6-8-10-15)18(19-5,20-14)12-11-17(2,3)4/h6-13,16H,1-5H3/b12-11+. The monoisotopic (exact) mass is 272 g/mol. The lowest BCUT2D eigenvalue weighted by Gasteiger charge is -2.31. The van der Waals surface area contributed by atoms with Gasteiger partial charge in [0.25, 0.3) is 0 Å². The molecule has 0 spiro atoms. The summed E-state index contributed by atoms with van der Waals surface area (Å²) in [5.74, 6) is 0.241. The molecular formula is C18H24O2. The second kappa shape index (κ2) is 5.45. The minimum atomic E-state index is -0.737. The maximum Gasteiger partial charge on any atom is 0.240 e. The first-order valence-electron chi connectivity index (χ1n) is 7.04. The van der Waals surface area contributed by atoms with Crippen molar-refractivity contribution in [3.63, 3.8) is 0 Å². The van der Waals surface area contributed by atoms with Crippen LogP contribution in [0.2, 0.25) is 0 Å². The van der Waals surface area contributed by atoms with Gasteiger partial charge >= 0.3 is 0 Å². The molecule has 2 atom stereocenters. The summed E-state index contributed by atoms with van der Waals surface area (Å²) in [4.78, 5) is 0. The summed E-state index contributed by atoms with van der Waals surface area (Å²) in [6.45, 7) is 8.47. The highest BCUT2D eigenvalue weighted by atomic mass is 16.7. The molecule has 1 aliphatic heterocycles. The van der Waals surface area contributed by atoms with Gasteiger partial charge in [0.2, 0.25) is 5.79 Å². The van der Waals surface area contributed by atoms with Crippen LogP contribution in [0, 0.1) is 5.41 Å². The summed E-state index contributed by atoms with van der Waals surface area (Å²) < 4.78 is 11.8. The Morgan fingerprint density at radius 1 is 1.20 bits per heavy atom. The number of hydrogen-bond donors (Lipinski definition) is 0. The van der Waals surface area contributed by atoms with Gasteiger partial charge < -0.3 is 9.47 Å². The van der Waals surface area contributed by atoms with Gasteiger partial charge in [0.15, 0.2) is 0 Å². The maximum absolute atomic E-state index is 6.01. The quantitative estimate of drug-likeness (QED) is 0.746. The van der Waals surface area contributed by atoms with Crippen molar-refractivity contribution in [2.45, 2.75) is 39.4 Å². The molecule has 20 heavy (non-hydrogen) atoms. The molecule has 0 aliphatic carbocycles. The van der Waals surface area contributed by atoms with Crippen LogP contribution < -0.4 is 0 Å². The number of benzene rings is 1. The van der Waals surface area contributed by atoms with Crippen molar-refractivity contribution in [2.24, 2.45) is 5.41 Å². The molecule has 1 aliphatic rings. The first-order chi connectivity index (χ1) is 9.36. The number of rotatable bonds is 3. The zero-order valence-corrected chi connectivity index (χ0v) is 13.0. The third-order valence-electron chi connectivity index (χ3n) is 3.45. The molecule has 2 nitrogen and oxygen atoms in total. The second-order valence-electron chi connectivity index (χ2n) is 6.39. The average Bonchev–Trinajstić information content (AvgIpc) is 2.74. The van der Waals surface area contributed by atoms with Crippen LogP contribution in [-0.2, 0) is 9.47 Å². The Hall–Kier alpha value is -1.54. The summed E-state index contributed by atoms with van der Waals surface area (Å²) in [5.41, 5.74) is 1.29. The third kappa shape index (κ3) is 3.13. The van der Waals surface area contributed by atoms with E-state index in [1.165, 1.54) is 5.56 Å². The van der Waals surface area contributed by atoms with Crippen molar-refractivity contribution in [3.05, 3.63) is 59.9 Å². The number of allylic oxidation sites excluding steroid dienone is 2. The van der Waals surface area contributed by atoms with Crippen LogP contribution in [0.25, 0.3) is 0 Å². The molecule has 2 heteroatoms. The normalized spacial score (nSPS) is 26.6. The van der Waals surface area contributed by atoms with Crippen LogP contribution >= 0.6 is 0 Å². The van der Waals surface area contributed by atoms with E-state index in [1.54, 1.807) is 7.11 Å². The molecule has 0 N–H and O–H groups in total. The Morgan fingerprint density at radius 3 is 2.40 bits per heavy atom. The summed E-state index contributed by atoms with van der Waals surface area (Å²) in [6.07, 6.45) is 6.34. The Morgan fingerprint density at radius 2 is 1.85 bits per heavy atom. The van der Waals surface area contributed by atoms with E-state index in [-0.39, 0.29) is 11.3 Å². The third-order valence-corrected chi connectivity index (χ3v) is 3.45. The zero-order chi connectivity index (χ0) is 14.8. The molecule has 0 fully saturated rings. The van der Waals surface area contributed by atoms with E-state index < -0.39 is 5.79 Å². The Labute approximate surface area is 122 Å². The van der Waals surface area contributed by atoms with E-state index >= 15 is 0 Å². The minimum absolute atomic E-state index is 0.0762. The molecule has 0 radical (unpaired) electrons. The fourth-order valence-electron chi connectivity index (χ4n) is 2.43. The SMILES string of the molecule is COC1(/C=C/C(C)(C)C)OC(C)=CC1c1ccccc1. The molecule has 1 aromatic rings. The topological polar surface area (TPSA) is 18.5 Å². The van der Waals surface area contributed by atoms with Crippen LogP contribution in [0.15, 0.2) is 54.3 Å². The first-order valence-corrected chi connectivity index (χ1v) is 7.04. The Kier molecular flexibility index (Phi) is 4.05.